The molecule has 0 bridgehead atoms. The van der Waals surface area contributed by atoms with Crippen molar-refractivity contribution in [2.45, 2.75) is 70.1 Å². The standard InChI is InChI=1S/C28H34Cl2FN3O3/c1-16-12-17(8-9-20(16)29)28(15-32)22(13-27(2,3)4)34-25(26(37)33-11-10-18(36)14-35)23(28)19-6-5-7-21(30)24(19)31/h5-9,12,18,22-23,25,34-36H,10-11,13-14H2,1-4H3,(H,33,37)/t18-,22?,23?,25?,28?/m0/s1. The van der Waals surface area contributed by atoms with Crippen molar-refractivity contribution in [2.75, 3.05) is 13.2 Å². The second kappa shape index (κ2) is 11.7. The second-order valence-corrected chi connectivity index (χ2v) is 11.8. The van der Waals surface area contributed by atoms with Crippen LogP contribution in [0.15, 0.2) is 36.4 Å². The van der Waals surface area contributed by atoms with E-state index in [9.17, 15) is 15.2 Å². The molecule has 2 aromatic rings. The SMILES string of the molecule is Cc1cc(C2(C#N)C(CC(C)(C)C)NC(C(=O)NCC[C@H](O)CO)C2c2cccc(Cl)c2F)ccc1Cl. The molecule has 1 aliphatic heterocycles. The lowest BCUT2D eigenvalue weighted by atomic mass is 9.62. The molecule has 1 fully saturated rings. The van der Waals surface area contributed by atoms with Crippen molar-refractivity contribution in [2.24, 2.45) is 5.41 Å². The molecule has 200 valence electrons. The van der Waals surface area contributed by atoms with Gasteiger partial charge in [-0.25, -0.2) is 4.39 Å². The van der Waals surface area contributed by atoms with Gasteiger partial charge in [0.2, 0.25) is 5.91 Å². The van der Waals surface area contributed by atoms with E-state index in [2.05, 4.69) is 16.7 Å². The van der Waals surface area contributed by atoms with Crippen molar-refractivity contribution in [1.29, 1.82) is 5.26 Å². The summed E-state index contributed by atoms with van der Waals surface area (Å²) in [6.07, 6.45) is -0.300. The smallest absolute Gasteiger partial charge is 0.237 e. The average molecular weight is 551 g/mol. The number of aliphatic hydroxyl groups is 2. The summed E-state index contributed by atoms with van der Waals surface area (Å²) in [5.41, 5.74) is 0.00500. The first-order valence-corrected chi connectivity index (χ1v) is 13.1. The number of nitrogens with zero attached hydrogens (tertiary/aromatic N) is 1. The number of amides is 1. The molecule has 0 radical (unpaired) electrons. The van der Waals surface area contributed by atoms with E-state index in [1.165, 1.54) is 6.07 Å². The van der Waals surface area contributed by atoms with E-state index in [-0.39, 0.29) is 29.0 Å². The van der Waals surface area contributed by atoms with Crippen LogP contribution in [0.5, 0.6) is 0 Å². The fraction of sp³-hybridized carbons (Fsp3) is 0.500. The molecule has 37 heavy (non-hydrogen) atoms. The molecule has 4 unspecified atom stereocenters. The monoisotopic (exact) mass is 549 g/mol. The molecule has 1 saturated heterocycles. The van der Waals surface area contributed by atoms with Crippen LogP contribution in [0.4, 0.5) is 4.39 Å². The highest BCUT2D eigenvalue weighted by Gasteiger charge is 2.60. The van der Waals surface area contributed by atoms with Crippen molar-refractivity contribution in [3.05, 3.63) is 69.0 Å². The molecule has 0 spiro atoms. The third-order valence-corrected chi connectivity index (χ3v) is 7.69. The Morgan fingerprint density at radius 3 is 2.57 bits per heavy atom. The third kappa shape index (κ3) is 6.10. The second-order valence-electron chi connectivity index (χ2n) is 10.9. The number of aryl methyl sites for hydroxylation is 1. The maximum atomic E-state index is 15.6. The molecule has 4 N–H and O–H groups in total. The summed E-state index contributed by atoms with van der Waals surface area (Å²) in [5.74, 6) is -2.03. The van der Waals surface area contributed by atoms with Gasteiger partial charge in [-0.05, 0) is 54.0 Å². The summed E-state index contributed by atoms with van der Waals surface area (Å²) in [7, 11) is 0. The van der Waals surface area contributed by atoms with Crippen molar-refractivity contribution < 1.29 is 19.4 Å². The topological polar surface area (TPSA) is 105 Å². The van der Waals surface area contributed by atoms with E-state index >= 15 is 4.39 Å². The van der Waals surface area contributed by atoms with Crippen LogP contribution in [0.2, 0.25) is 10.0 Å². The van der Waals surface area contributed by atoms with Crippen LogP contribution < -0.4 is 10.6 Å². The lowest BCUT2D eigenvalue weighted by Crippen LogP contribution is -2.46. The number of rotatable bonds is 8. The van der Waals surface area contributed by atoms with Gasteiger partial charge in [0.1, 0.15) is 11.2 Å². The Hall–Kier alpha value is -2.21. The average Bonchev–Trinajstić information content (AvgIpc) is 3.15. The van der Waals surface area contributed by atoms with E-state index in [0.717, 1.165) is 5.56 Å². The Bertz CT molecular complexity index is 1180. The maximum Gasteiger partial charge on any atom is 0.237 e. The molecule has 3 rings (SSSR count). The van der Waals surface area contributed by atoms with Gasteiger partial charge >= 0.3 is 0 Å². The van der Waals surface area contributed by atoms with Gasteiger partial charge in [0, 0.05) is 23.5 Å². The van der Waals surface area contributed by atoms with Gasteiger partial charge < -0.3 is 20.8 Å². The molecule has 0 aliphatic carbocycles. The van der Waals surface area contributed by atoms with E-state index in [0.29, 0.717) is 17.0 Å². The first-order valence-electron chi connectivity index (χ1n) is 12.3. The van der Waals surface area contributed by atoms with Gasteiger partial charge in [-0.2, -0.15) is 5.26 Å². The number of benzene rings is 2. The summed E-state index contributed by atoms with van der Waals surface area (Å²) in [4.78, 5) is 13.6. The van der Waals surface area contributed by atoms with E-state index in [1.54, 1.807) is 24.3 Å². The zero-order chi connectivity index (χ0) is 27.5. The number of carbonyl (C=O) groups is 1. The molecule has 0 aromatic heterocycles. The first-order chi connectivity index (χ1) is 17.4. The van der Waals surface area contributed by atoms with E-state index in [1.807, 2.05) is 33.8 Å². The lowest BCUT2D eigenvalue weighted by molar-refractivity contribution is -0.123. The molecular formula is C28H34Cl2FN3O3. The van der Waals surface area contributed by atoms with Crippen LogP contribution in [0.25, 0.3) is 0 Å². The van der Waals surface area contributed by atoms with Gasteiger partial charge in [-0.15, -0.1) is 0 Å². The molecule has 2 aromatic carbocycles. The predicted octanol–water partition coefficient (Wildman–Crippen LogP) is 4.62. The molecule has 0 saturated carbocycles. The number of hydrogen-bond acceptors (Lipinski definition) is 5. The zero-order valence-corrected chi connectivity index (χ0v) is 23.0. The van der Waals surface area contributed by atoms with Crippen LogP contribution in [-0.2, 0) is 10.2 Å². The van der Waals surface area contributed by atoms with Crippen LogP contribution in [0.1, 0.15) is 56.2 Å². The number of carbonyl (C=O) groups excluding carboxylic acids is 1. The van der Waals surface area contributed by atoms with Crippen molar-refractivity contribution in [3.8, 4) is 6.07 Å². The molecule has 1 heterocycles. The number of aliphatic hydroxyl groups excluding tert-OH is 2. The summed E-state index contributed by atoms with van der Waals surface area (Å²) in [6, 6.07) is 10.9. The first kappa shape index (κ1) is 29.3. The molecule has 9 heteroatoms. The molecule has 6 nitrogen and oxygen atoms in total. The van der Waals surface area contributed by atoms with Gasteiger partial charge in [0.25, 0.3) is 0 Å². The van der Waals surface area contributed by atoms with Gasteiger partial charge in [-0.3, -0.25) is 4.79 Å². The van der Waals surface area contributed by atoms with Crippen LogP contribution in [-0.4, -0.2) is 47.5 Å². The highest BCUT2D eigenvalue weighted by atomic mass is 35.5. The summed E-state index contributed by atoms with van der Waals surface area (Å²) in [6.45, 7) is 7.65. The maximum absolute atomic E-state index is 15.6. The minimum Gasteiger partial charge on any atom is -0.394 e. The summed E-state index contributed by atoms with van der Waals surface area (Å²) < 4.78 is 15.6. The van der Waals surface area contributed by atoms with E-state index < -0.39 is 47.9 Å². The van der Waals surface area contributed by atoms with Crippen LogP contribution >= 0.6 is 23.2 Å². The van der Waals surface area contributed by atoms with Crippen molar-refractivity contribution in [1.82, 2.24) is 10.6 Å². The summed E-state index contributed by atoms with van der Waals surface area (Å²) >= 11 is 12.5. The number of halogens is 3. The highest BCUT2D eigenvalue weighted by molar-refractivity contribution is 6.31. The van der Waals surface area contributed by atoms with Crippen molar-refractivity contribution >= 4 is 29.1 Å². The Balaban J connectivity index is 2.22. The van der Waals surface area contributed by atoms with Crippen LogP contribution in [0.3, 0.4) is 0 Å². The lowest BCUT2D eigenvalue weighted by Gasteiger charge is -2.37. The zero-order valence-electron chi connectivity index (χ0n) is 21.5. The van der Waals surface area contributed by atoms with Crippen LogP contribution in [0, 0.1) is 29.5 Å². The van der Waals surface area contributed by atoms with E-state index in [4.69, 9.17) is 28.3 Å². The largest absolute Gasteiger partial charge is 0.394 e. The Morgan fingerprint density at radius 2 is 1.97 bits per heavy atom. The fourth-order valence-corrected chi connectivity index (χ4v) is 5.53. The van der Waals surface area contributed by atoms with Gasteiger partial charge in [-0.1, -0.05) is 68.2 Å². The Kier molecular flexibility index (Phi) is 9.26. The fourth-order valence-electron chi connectivity index (χ4n) is 5.23. The highest BCUT2D eigenvalue weighted by Crippen LogP contribution is 2.52. The van der Waals surface area contributed by atoms with Gasteiger partial charge in [0.05, 0.1) is 29.8 Å². The minimum atomic E-state index is -1.33. The molecular weight excluding hydrogens is 516 g/mol. The summed E-state index contributed by atoms with van der Waals surface area (Å²) in [5, 5.41) is 36.3. The quantitative estimate of drug-likeness (QED) is 0.384. The number of nitriles is 1. The molecule has 1 aliphatic rings. The predicted molar refractivity (Wildman–Crippen MR) is 143 cm³/mol. The molecule has 1 amide bonds. The van der Waals surface area contributed by atoms with Crippen molar-refractivity contribution in [3.63, 3.8) is 0 Å². The normalized spacial score (nSPS) is 24.5. The number of nitrogens with one attached hydrogen (secondary N) is 2. The third-order valence-electron chi connectivity index (χ3n) is 6.98. The Labute approximate surface area is 227 Å². The minimum absolute atomic E-state index is 0.0962. The number of hydrogen-bond donors (Lipinski definition) is 4. The molecule has 5 atom stereocenters. The van der Waals surface area contributed by atoms with Gasteiger partial charge in [0.15, 0.2) is 0 Å². The Morgan fingerprint density at radius 1 is 1.27 bits per heavy atom.